The smallest absolute Gasteiger partial charge is 0.315 e. The van der Waals surface area contributed by atoms with E-state index >= 15 is 0 Å². The second-order valence-corrected chi connectivity index (χ2v) is 6.06. The normalized spacial score (nSPS) is 14.0. The summed E-state index contributed by atoms with van der Waals surface area (Å²) in [5, 5.41) is 24.1. The van der Waals surface area contributed by atoms with Gasteiger partial charge in [0.05, 0.1) is 30.8 Å². The van der Waals surface area contributed by atoms with Crippen molar-refractivity contribution >= 4 is 16.9 Å². The van der Waals surface area contributed by atoms with Gasteiger partial charge in [0.2, 0.25) is 0 Å². The number of aliphatic hydroxyl groups is 2. The number of aliphatic hydroxyl groups excluding tert-OH is 2. The molecule has 0 aliphatic carbocycles. The molecule has 0 spiro atoms. The first-order chi connectivity index (χ1) is 12.4. The largest absolute Gasteiger partial charge is 0.394 e. The second kappa shape index (κ2) is 8.86. The van der Waals surface area contributed by atoms with Crippen molar-refractivity contribution in [3.63, 3.8) is 0 Å². The fraction of sp³-hybridized carbons (Fsp3) is 0.444. The van der Waals surface area contributed by atoms with E-state index in [9.17, 15) is 23.8 Å². The number of aromatic nitrogens is 1. The van der Waals surface area contributed by atoms with E-state index in [1.165, 1.54) is 18.3 Å². The molecule has 2 rings (SSSR count). The van der Waals surface area contributed by atoms with Crippen LogP contribution in [0.1, 0.15) is 25.3 Å². The number of nitrogens with one attached hydrogen (secondary N) is 2. The standard InChI is InChI=1S/C18H23F2N3O3/c1-2-5-15(25)14(10-24)23-17(26)22-11-18(19,20)13-8-3-6-12-7-4-9-21-16(12)13/h3-4,6-9,14-15,24-25H,2,5,10-11H2,1H3,(H2,22,23,26). The Hall–Kier alpha value is -2.32. The molecule has 26 heavy (non-hydrogen) atoms. The maximum Gasteiger partial charge on any atom is 0.315 e. The number of carbonyl (C=O) groups excluding carboxylic acids is 1. The minimum Gasteiger partial charge on any atom is -0.394 e. The summed E-state index contributed by atoms with van der Waals surface area (Å²) in [6.07, 6.45) is 1.53. The quantitative estimate of drug-likeness (QED) is 0.575. The van der Waals surface area contributed by atoms with E-state index < -0.39 is 37.3 Å². The monoisotopic (exact) mass is 367 g/mol. The molecule has 2 unspecified atom stereocenters. The Morgan fingerprint density at radius 1 is 1.31 bits per heavy atom. The van der Waals surface area contributed by atoms with Crippen LogP contribution in [-0.4, -0.2) is 46.5 Å². The average Bonchev–Trinajstić information content (AvgIpc) is 2.64. The summed E-state index contributed by atoms with van der Waals surface area (Å²) in [6.45, 7) is 0.422. The van der Waals surface area contributed by atoms with Crippen LogP contribution in [0.15, 0.2) is 36.5 Å². The summed E-state index contributed by atoms with van der Waals surface area (Å²) in [4.78, 5) is 15.9. The zero-order valence-corrected chi connectivity index (χ0v) is 14.5. The Morgan fingerprint density at radius 3 is 2.73 bits per heavy atom. The minimum atomic E-state index is -3.33. The molecule has 8 heteroatoms. The van der Waals surface area contributed by atoms with Crippen LogP contribution in [0.4, 0.5) is 13.6 Å². The molecule has 142 valence electrons. The number of rotatable bonds is 8. The van der Waals surface area contributed by atoms with E-state index in [0.717, 1.165) is 0 Å². The van der Waals surface area contributed by atoms with Gasteiger partial charge in [0.1, 0.15) is 0 Å². The molecule has 4 N–H and O–H groups in total. The zero-order valence-electron chi connectivity index (χ0n) is 14.5. The van der Waals surface area contributed by atoms with Crippen LogP contribution in [0.25, 0.3) is 10.9 Å². The maximum absolute atomic E-state index is 14.6. The highest BCUT2D eigenvalue weighted by Gasteiger charge is 2.34. The van der Waals surface area contributed by atoms with Crippen molar-refractivity contribution in [3.05, 3.63) is 42.1 Å². The Labute approximate surface area is 150 Å². The number of amides is 2. The lowest BCUT2D eigenvalue weighted by molar-refractivity contribution is 0.000482. The van der Waals surface area contributed by atoms with Crippen LogP contribution in [0.5, 0.6) is 0 Å². The van der Waals surface area contributed by atoms with Gasteiger partial charge < -0.3 is 20.8 Å². The van der Waals surface area contributed by atoms with Crippen molar-refractivity contribution < 1.29 is 23.8 Å². The number of halogens is 2. The van der Waals surface area contributed by atoms with E-state index in [0.29, 0.717) is 18.2 Å². The number of urea groups is 1. The Kier molecular flexibility index (Phi) is 6.82. The summed E-state index contributed by atoms with van der Waals surface area (Å²) in [5.74, 6) is -3.33. The van der Waals surface area contributed by atoms with E-state index in [2.05, 4.69) is 15.6 Å². The van der Waals surface area contributed by atoms with E-state index in [-0.39, 0.29) is 11.1 Å². The summed E-state index contributed by atoms with van der Waals surface area (Å²) in [5.41, 5.74) is -0.102. The van der Waals surface area contributed by atoms with Crippen molar-refractivity contribution in [2.75, 3.05) is 13.2 Å². The van der Waals surface area contributed by atoms with Crippen LogP contribution in [0.3, 0.4) is 0 Å². The zero-order chi connectivity index (χ0) is 19.2. The molecule has 2 amide bonds. The highest BCUT2D eigenvalue weighted by molar-refractivity contribution is 5.82. The van der Waals surface area contributed by atoms with Gasteiger partial charge in [0.25, 0.3) is 5.92 Å². The molecule has 1 aromatic carbocycles. The summed E-state index contributed by atoms with van der Waals surface area (Å²) < 4.78 is 29.1. The average molecular weight is 367 g/mol. The molecular formula is C18H23F2N3O3. The molecule has 1 heterocycles. The van der Waals surface area contributed by atoms with Crippen LogP contribution >= 0.6 is 0 Å². The summed E-state index contributed by atoms with van der Waals surface area (Å²) >= 11 is 0. The lowest BCUT2D eigenvalue weighted by Crippen LogP contribution is -2.51. The highest BCUT2D eigenvalue weighted by atomic mass is 19.3. The molecule has 1 aromatic heterocycles. The third-order valence-corrected chi connectivity index (χ3v) is 4.06. The first-order valence-corrected chi connectivity index (χ1v) is 8.44. The number of hydrogen-bond acceptors (Lipinski definition) is 4. The molecule has 0 saturated heterocycles. The molecule has 0 aliphatic rings. The maximum atomic E-state index is 14.6. The number of carbonyl (C=O) groups is 1. The number of pyridine rings is 1. The van der Waals surface area contributed by atoms with Gasteiger partial charge in [-0.15, -0.1) is 0 Å². The Bertz CT molecular complexity index is 737. The second-order valence-electron chi connectivity index (χ2n) is 6.06. The van der Waals surface area contributed by atoms with Crippen LogP contribution < -0.4 is 10.6 Å². The fourth-order valence-electron chi connectivity index (χ4n) is 2.67. The summed E-state index contributed by atoms with van der Waals surface area (Å²) in [6, 6.07) is 6.01. The van der Waals surface area contributed by atoms with Gasteiger partial charge in [0, 0.05) is 17.1 Å². The van der Waals surface area contributed by atoms with Crippen molar-refractivity contribution in [2.24, 2.45) is 0 Å². The van der Waals surface area contributed by atoms with E-state index in [4.69, 9.17) is 0 Å². The van der Waals surface area contributed by atoms with Gasteiger partial charge >= 0.3 is 6.03 Å². The van der Waals surface area contributed by atoms with Gasteiger partial charge in [-0.2, -0.15) is 8.78 Å². The van der Waals surface area contributed by atoms with Crippen LogP contribution in [0, 0.1) is 0 Å². The molecule has 0 bridgehead atoms. The van der Waals surface area contributed by atoms with Gasteiger partial charge in [0.15, 0.2) is 0 Å². The number of nitrogens with zero attached hydrogens (tertiary/aromatic N) is 1. The predicted octanol–water partition coefficient (Wildman–Crippen LogP) is 2.15. The minimum absolute atomic E-state index is 0.175. The first kappa shape index (κ1) is 20.0. The van der Waals surface area contributed by atoms with Crippen LogP contribution in [0.2, 0.25) is 0 Å². The molecule has 0 fully saturated rings. The van der Waals surface area contributed by atoms with Gasteiger partial charge in [-0.25, -0.2) is 4.79 Å². The topological polar surface area (TPSA) is 94.5 Å². The highest BCUT2D eigenvalue weighted by Crippen LogP contribution is 2.31. The number of fused-ring (bicyclic) bond motifs is 1. The predicted molar refractivity (Wildman–Crippen MR) is 94.0 cm³/mol. The molecular weight excluding hydrogens is 344 g/mol. The van der Waals surface area contributed by atoms with Gasteiger partial charge in [-0.1, -0.05) is 37.6 Å². The fourth-order valence-corrected chi connectivity index (χ4v) is 2.67. The van der Waals surface area contributed by atoms with E-state index in [1.54, 1.807) is 18.2 Å². The lowest BCUT2D eigenvalue weighted by atomic mass is 10.0. The number of alkyl halides is 2. The van der Waals surface area contributed by atoms with Gasteiger partial charge in [-0.05, 0) is 12.5 Å². The van der Waals surface area contributed by atoms with Crippen LogP contribution in [-0.2, 0) is 5.92 Å². The molecule has 0 saturated carbocycles. The Balaban J connectivity index is 2.04. The number of hydrogen-bond donors (Lipinski definition) is 4. The van der Waals surface area contributed by atoms with Crippen molar-refractivity contribution in [2.45, 2.75) is 37.8 Å². The summed E-state index contributed by atoms with van der Waals surface area (Å²) in [7, 11) is 0. The molecule has 2 atom stereocenters. The number of para-hydroxylation sites is 1. The molecule has 2 aromatic rings. The molecule has 6 nitrogen and oxygen atoms in total. The van der Waals surface area contributed by atoms with Crippen molar-refractivity contribution in [3.8, 4) is 0 Å². The van der Waals surface area contributed by atoms with Crippen molar-refractivity contribution in [1.82, 2.24) is 15.6 Å². The molecule has 0 radical (unpaired) electrons. The first-order valence-electron chi connectivity index (χ1n) is 8.44. The molecule has 0 aliphatic heterocycles. The number of benzene rings is 1. The lowest BCUT2D eigenvalue weighted by Gasteiger charge is -2.23. The third kappa shape index (κ3) is 4.86. The van der Waals surface area contributed by atoms with E-state index in [1.807, 2.05) is 6.92 Å². The van der Waals surface area contributed by atoms with Crippen molar-refractivity contribution in [1.29, 1.82) is 0 Å². The third-order valence-electron chi connectivity index (χ3n) is 4.06. The SMILES string of the molecule is CCCC(O)C(CO)NC(=O)NCC(F)(F)c1cccc2cccnc12. The Morgan fingerprint density at radius 2 is 2.04 bits per heavy atom. The van der Waals surface area contributed by atoms with Gasteiger partial charge in [-0.3, -0.25) is 4.98 Å².